The SMILES string of the molecule is C=CCOC(C)C(=O)Nc1ncccc1I. The Morgan fingerprint density at radius 1 is 1.81 bits per heavy atom. The molecule has 0 saturated heterocycles. The minimum atomic E-state index is -0.518. The average Bonchev–Trinajstić information content (AvgIpc) is 2.28. The molecule has 1 unspecified atom stereocenters. The van der Waals surface area contributed by atoms with E-state index in [9.17, 15) is 4.79 Å². The van der Waals surface area contributed by atoms with Gasteiger partial charge in [-0.2, -0.15) is 0 Å². The van der Waals surface area contributed by atoms with Crippen LogP contribution in [0.4, 0.5) is 5.82 Å². The highest BCUT2D eigenvalue weighted by Crippen LogP contribution is 2.14. The van der Waals surface area contributed by atoms with Gasteiger partial charge >= 0.3 is 0 Å². The number of carbonyl (C=O) groups is 1. The zero-order chi connectivity index (χ0) is 12.0. The molecule has 1 atom stereocenters. The maximum atomic E-state index is 11.7. The Kier molecular flexibility index (Phi) is 5.41. The van der Waals surface area contributed by atoms with Gasteiger partial charge < -0.3 is 10.1 Å². The Bertz CT molecular complexity index is 382. The van der Waals surface area contributed by atoms with Gasteiger partial charge in [-0.25, -0.2) is 4.98 Å². The topological polar surface area (TPSA) is 51.2 Å². The van der Waals surface area contributed by atoms with Crippen molar-refractivity contribution in [3.8, 4) is 0 Å². The van der Waals surface area contributed by atoms with Crippen LogP contribution >= 0.6 is 22.6 Å². The molecule has 4 nitrogen and oxygen atoms in total. The summed E-state index contributed by atoms with van der Waals surface area (Å²) in [5, 5.41) is 2.70. The summed E-state index contributed by atoms with van der Waals surface area (Å²) in [7, 11) is 0. The number of anilines is 1. The van der Waals surface area contributed by atoms with Crippen LogP contribution in [0.5, 0.6) is 0 Å². The second-order valence-corrected chi connectivity index (χ2v) is 4.25. The molecule has 0 aliphatic rings. The van der Waals surface area contributed by atoms with Gasteiger partial charge in [0.1, 0.15) is 11.9 Å². The first-order chi connectivity index (χ1) is 7.65. The third-order valence-electron chi connectivity index (χ3n) is 1.83. The van der Waals surface area contributed by atoms with Gasteiger partial charge in [0.2, 0.25) is 0 Å². The van der Waals surface area contributed by atoms with Gasteiger partial charge in [-0.1, -0.05) is 6.08 Å². The number of nitrogens with one attached hydrogen (secondary N) is 1. The summed E-state index contributed by atoms with van der Waals surface area (Å²) < 4.78 is 6.10. The fourth-order valence-electron chi connectivity index (χ4n) is 0.984. The number of aromatic nitrogens is 1. The largest absolute Gasteiger partial charge is 0.365 e. The van der Waals surface area contributed by atoms with E-state index in [1.54, 1.807) is 19.2 Å². The van der Waals surface area contributed by atoms with Gasteiger partial charge in [-0.15, -0.1) is 6.58 Å². The summed E-state index contributed by atoms with van der Waals surface area (Å²) >= 11 is 2.11. The number of nitrogens with zero attached hydrogens (tertiary/aromatic N) is 1. The van der Waals surface area contributed by atoms with Crippen LogP contribution < -0.4 is 5.32 Å². The highest BCUT2D eigenvalue weighted by molar-refractivity contribution is 14.1. The Hall–Kier alpha value is -0.950. The maximum absolute atomic E-state index is 11.7. The van der Waals surface area contributed by atoms with Crippen molar-refractivity contribution in [2.75, 3.05) is 11.9 Å². The number of ether oxygens (including phenoxy) is 1. The van der Waals surface area contributed by atoms with Crippen molar-refractivity contribution in [2.24, 2.45) is 0 Å². The van der Waals surface area contributed by atoms with E-state index in [4.69, 9.17) is 4.74 Å². The predicted molar refractivity (Wildman–Crippen MR) is 71.2 cm³/mol. The van der Waals surface area contributed by atoms with Crippen LogP contribution in [-0.4, -0.2) is 23.6 Å². The maximum Gasteiger partial charge on any atom is 0.254 e. The van der Waals surface area contributed by atoms with Gasteiger partial charge in [-0.3, -0.25) is 4.79 Å². The van der Waals surface area contributed by atoms with Crippen molar-refractivity contribution >= 4 is 34.3 Å². The van der Waals surface area contributed by atoms with Gasteiger partial charge in [0.05, 0.1) is 10.2 Å². The average molecular weight is 332 g/mol. The monoisotopic (exact) mass is 332 g/mol. The van der Waals surface area contributed by atoms with E-state index >= 15 is 0 Å². The number of halogens is 1. The molecule has 0 radical (unpaired) electrons. The number of hydrogen-bond acceptors (Lipinski definition) is 3. The molecule has 1 N–H and O–H groups in total. The zero-order valence-corrected chi connectivity index (χ0v) is 11.1. The summed E-state index contributed by atoms with van der Waals surface area (Å²) in [6, 6.07) is 3.69. The van der Waals surface area contributed by atoms with Crippen LogP contribution in [0.25, 0.3) is 0 Å². The lowest BCUT2D eigenvalue weighted by atomic mass is 10.3. The Balaban J connectivity index is 2.57. The lowest BCUT2D eigenvalue weighted by molar-refractivity contribution is -0.125. The normalized spacial score (nSPS) is 11.9. The molecule has 0 saturated carbocycles. The van der Waals surface area contributed by atoms with Crippen molar-refractivity contribution < 1.29 is 9.53 Å². The smallest absolute Gasteiger partial charge is 0.254 e. The first-order valence-corrected chi connectivity index (χ1v) is 5.87. The molecule has 86 valence electrons. The summed E-state index contributed by atoms with van der Waals surface area (Å²) in [5.41, 5.74) is 0. The quantitative estimate of drug-likeness (QED) is 0.664. The summed E-state index contributed by atoms with van der Waals surface area (Å²) in [6.07, 6.45) is 2.72. The van der Waals surface area contributed by atoms with E-state index in [1.807, 2.05) is 12.1 Å². The van der Waals surface area contributed by atoms with Gasteiger partial charge in [0.25, 0.3) is 5.91 Å². The van der Waals surface area contributed by atoms with Crippen molar-refractivity contribution in [3.05, 3.63) is 34.6 Å². The first-order valence-electron chi connectivity index (χ1n) is 4.79. The van der Waals surface area contributed by atoms with Crippen molar-refractivity contribution in [1.29, 1.82) is 0 Å². The molecule has 0 aromatic carbocycles. The number of hydrogen-bond donors (Lipinski definition) is 1. The van der Waals surface area contributed by atoms with Crippen LogP contribution in [0.1, 0.15) is 6.92 Å². The molecule has 16 heavy (non-hydrogen) atoms. The molecule has 0 fully saturated rings. The molecule has 0 aliphatic carbocycles. The predicted octanol–water partition coefficient (Wildman–Crippen LogP) is 2.22. The lowest BCUT2D eigenvalue weighted by Gasteiger charge is -2.12. The molecule has 1 aromatic rings. The number of rotatable bonds is 5. The molecular formula is C11H13IN2O2. The summed E-state index contributed by atoms with van der Waals surface area (Å²) in [6.45, 7) is 5.56. The third-order valence-corrected chi connectivity index (χ3v) is 2.70. The van der Waals surface area contributed by atoms with E-state index in [0.717, 1.165) is 3.57 Å². The van der Waals surface area contributed by atoms with Gasteiger partial charge in [-0.05, 0) is 41.6 Å². The highest BCUT2D eigenvalue weighted by Gasteiger charge is 2.14. The number of carbonyl (C=O) groups excluding carboxylic acids is 1. The summed E-state index contributed by atoms with van der Waals surface area (Å²) in [5.74, 6) is 0.348. The van der Waals surface area contributed by atoms with Crippen LogP contribution in [0.15, 0.2) is 31.0 Å². The number of pyridine rings is 1. The minimum absolute atomic E-state index is 0.210. The summed E-state index contributed by atoms with van der Waals surface area (Å²) in [4.78, 5) is 15.7. The zero-order valence-electron chi connectivity index (χ0n) is 8.94. The number of amides is 1. The van der Waals surface area contributed by atoms with E-state index in [-0.39, 0.29) is 5.91 Å². The van der Waals surface area contributed by atoms with Crippen LogP contribution in [-0.2, 0) is 9.53 Å². The Labute approximate surface area is 108 Å². The first kappa shape index (κ1) is 13.1. The van der Waals surface area contributed by atoms with E-state index in [0.29, 0.717) is 12.4 Å². The molecule has 1 amide bonds. The molecule has 1 heterocycles. The van der Waals surface area contributed by atoms with Crippen molar-refractivity contribution in [2.45, 2.75) is 13.0 Å². The third kappa shape index (κ3) is 3.90. The Morgan fingerprint density at radius 3 is 3.19 bits per heavy atom. The minimum Gasteiger partial charge on any atom is -0.365 e. The lowest BCUT2D eigenvalue weighted by Crippen LogP contribution is -2.28. The molecule has 1 rings (SSSR count). The van der Waals surface area contributed by atoms with E-state index in [1.165, 1.54) is 0 Å². The molecule has 0 bridgehead atoms. The van der Waals surface area contributed by atoms with E-state index < -0.39 is 6.10 Å². The van der Waals surface area contributed by atoms with Crippen LogP contribution in [0, 0.1) is 3.57 Å². The van der Waals surface area contributed by atoms with E-state index in [2.05, 4.69) is 39.5 Å². The fourth-order valence-corrected chi connectivity index (χ4v) is 1.47. The highest BCUT2D eigenvalue weighted by atomic mass is 127. The van der Waals surface area contributed by atoms with Gasteiger partial charge in [0, 0.05) is 6.20 Å². The Morgan fingerprint density at radius 2 is 2.56 bits per heavy atom. The standard InChI is InChI=1S/C11H13IN2O2/c1-3-7-16-8(2)11(15)14-10-9(12)5-4-6-13-10/h3-6,8H,1,7H2,2H3,(H,13,14,15). The second-order valence-electron chi connectivity index (χ2n) is 3.09. The second kappa shape index (κ2) is 6.59. The van der Waals surface area contributed by atoms with Gasteiger partial charge in [0.15, 0.2) is 0 Å². The molecule has 0 spiro atoms. The fraction of sp³-hybridized carbons (Fsp3) is 0.273. The van der Waals surface area contributed by atoms with Crippen molar-refractivity contribution in [3.63, 3.8) is 0 Å². The molecule has 1 aromatic heterocycles. The van der Waals surface area contributed by atoms with Crippen LogP contribution in [0.3, 0.4) is 0 Å². The molecule has 5 heteroatoms. The van der Waals surface area contributed by atoms with Crippen LogP contribution in [0.2, 0.25) is 0 Å². The van der Waals surface area contributed by atoms with Crippen molar-refractivity contribution in [1.82, 2.24) is 4.98 Å². The molecule has 0 aliphatic heterocycles. The molecular weight excluding hydrogens is 319 g/mol.